The van der Waals surface area contributed by atoms with E-state index in [0.717, 1.165) is 0 Å². The number of thiol groups is 4. The van der Waals surface area contributed by atoms with Crippen LogP contribution in [-0.2, 0) is 19.2 Å². The zero-order valence-electron chi connectivity index (χ0n) is 12.8. The minimum absolute atomic E-state index is 0.259. The Bertz CT molecular complexity index is 433. The number of carbonyl (C=O) groups is 4. The maximum Gasteiger partial charge on any atom is 0.316 e. The van der Waals surface area contributed by atoms with Crippen LogP contribution in [0.3, 0.4) is 0 Å². The number of carboxylic acid groups (broad SMARTS) is 4. The molecule has 4 atom stereocenters. The van der Waals surface area contributed by atoms with Crippen molar-refractivity contribution < 1.29 is 39.6 Å². The van der Waals surface area contributed by atoms with Gasteiger partial charge in [-0.3, -0.25) is 19.2 Å². The summed E-state index contributed by atoms with van der Waals surface area (Å²) in [5, 5.41) is 31.4. The molecule has 0 spiro atoms. The van der Waals surface area contributed by atoms with E-state index in [1.807, 2.05) is 0 Å². The molecule has 0 aromatic rings. The molecule has 0 fully saturated rings. The van der Waals surface area contributed by atoms with Gasteiger partial charge in [0.25, 0.3) is 0 Å². The maximum absolute atomic E-state index is 11.2. The maximum atomic E-state index is 11.2. The molecule has 0 saturated heterocycles. The van der Waals surface area contributed by atoms with Crippen molar-refractivity contribution in [3.8, 4) is 0 Å². The van der Waals surface area contributed by atoms with Crippen LogP contribution in [-0.4, -0.2) is 65.3 Å². The predicted octanol–water partition coefficient (Wildman–Crippen LogP) is 1.07. The van der Waals surface area contributed by atoms with Crippen molar-refractivity contribution in [1.82, 2.24) is 0 Å². The Morgan fingerprint density at radius 1 is 0.560 bits per heavy atom. The van der Waals surface area contributed by atoms with Gasteiger partial charge in [-0.2, -0.15) is 50.5 Å². The first kappa shape index (κ1) is 24.3. The Balaban J connectivity index is 5.87. The summed E-state index contributed by atoms with van der Waals surface area (Å²) in [4.78, 5) is 44.6. The highest BCUT2D eigenvalue weighted by molar-refractivity contribution is 7.82. The van der Waals surface area contributed by atoms with Gasteiger partial charge >= 0.3 is 23.9 Å². The summed E-state index contributed by atoms with van der Waals surface area (Å²) in [6.45, 7) is 0. The van der Waals surface area contributed by atoms with Gasteiger partial charge in [-0.15, -0.1) is 0 Å². The third-order valence-corrected chi connectivity index (χ3v) is 5.26. The Labute approximate surface area is 166 Å². The van der Waals surface area contributed by atoms with Crippen LogP contribution >= 0.6 is 50.5 Å². The molecule has 0 saturated carbocycles. The molecule has 0 amide bonds. The van der Waals surface area contributed by atoms with Crippen LogP contribution in [0.5, 0.6) is 0 Å². The topological polar surface area (TPSA) is 149 Å². The van der Waals surface area contributed by atoms with Gasteiger partial charge < -0.3 is 20.4 Å². The molecule has 0 rings (SSSR count). The van der Waals surface area contributed by atoms with Crippen LogP contribution in [0.2, 0.25) is 0 Å². The predicted molar refractivity (Wildman–Crippen MR) is 103 cm³/mol. The molecule has 0 aliphatic heterocycles. The quantitative estimate of drug-likeness (QED) is 0.213. The summed E-state index contributed by atoms with van der Waals surface area (Å²) in [5.74, 6) is -5.18. The summed E-state index contributed by atoms with van der Waals surface area (Å²) in [7, 11) is 0. The van der Waals surface area contributed by atoms with Gasteiger partial charge in [0.2, 0.25) is 0 Å². The number of aliphatic carboxylic acids is 4. The molecule has 0 heterocycles. The van der Waals surface area contributed by atoms with Gasteiger partial charge in [-0.05, 0) is 31.1 Å². The first-order chi connectivity index (χ1) is 11.3. The summed E-state index contributed by atoms with van der Waals surface area (Å²) < 4.78 is 0. The Morgan fingerprint density at radius 2 is 0.720 bits per heavy atom. The molecule has 0 radical (unpaired) electrons. The molecule has 0 aliphatic carbocycles. The first-order valence-electron chi connectivity index (χ1n) is 6.95. The molecule has 0 aromatic heterocycles. The van der Waals surface area contributed by atoms with E-state index < -0.39 is 50.3 Å². The Kier molecular flexibility index (Phi) is 10.1. The number of carboxylic acids is 4. The Hall–Kier alpha value is -0.720. The lowest BCUT2D eigenvalue weighted by molar-refractivity contribution is -0.137. The van der Waals surface area contributed by atoms with E-state index in [1.165, 1.54) is 0 Å². The van der Waals surface area contributed by atoms with Crippen LogP contribution in [0.4, 0.5) is 0 Å². The summed E-state index contributed by atoms with van der Waals surface area (Å²) in [6, 6.07) is 0. The molecular formula is C13H20O8S4. The average Bonchev–Trinajstić information content (AvgIpc) is 2.46. The fourth-order valence-corrected chi connectivity index (χ4v) is 4.04. The van der Waals surface area contributed by atoms with Crippen molar-refractivity contribution in [3.05, 3.63) is 0 Å². The third-order valence-electron chi connectivity index (χ3n) is 3.65. The van der Waals surface area contributed by atoms with Crippen LogP contribution in [0.25, 0.3) is 0 Å². The van der Waals surface area contributed by atoms with Crippen LogP contribution in [0.15, 0.2) is 0 Å². The van der Waals surface area contributed by atoms with E-state index in [0.29, 0.717) is 0 Å². The van der Waals surface area contributed by atoms with Gasteiger partial charge in [0.15, 0.2) is 0 Å². The highest BCUT2D eigenvalue weighted by Gasteiger charge is 2.42. The highest BCUT2D eigenvalue weighted by atomic mass is 32.1. The Morgan fingerprint density at radius 3 is 0.840 bits per heavy atom. The number of hydrogen-bond donors (Lipinski definition) is 8. The molecule has 12 heteroatoms. The molecule has 25 heavy (non-hydrogen) atoms. The summed E-state index contributed by atoms with van der Waals surface area (Å²) in [6.07, 6.45) is -1.04. The molecule has 0 aliphatic rings. The molecule has 8 nitrogen and oxygen atoms in total. The van der Waals surface area contributed by atoms with Crippen LogP contribution in [0.1, 0.15) is 25.7 Å². The third kappa shape index (κ3) is 8.47. The largest absolute Gasteiger partial charge is 0.480 e. The van der Waals surface area contributed by atoms with E-state index in [4.69, 9.17) is 20.4 Å². The zero-order valence-corrected chi connectivity index (χ0v) is 16.4. The molecular weight excluding hydrogens is 412 g/mol. The van der Waals surface area contributed by atoms with Gasteiger partial charge in [-0.25, -0.2) is 0 Å². The van der Waals surface area contributed by atoms with Gasteiger partial charge in [0, 0.05) is 0 Å². The van der Waals surface area contributed by atoms with Crippen molar-refractivity contribution in [1.29, 1.82) is 0 Å². The van der Waals surface area contributed by atoms with E-state index in [9.17, 15) is 19.2 Å². The van der Waals surface area contributed by atoms with Gasteiger partial charge in [0.1, 0.15) is 0 Å². The van der Waals surface area contributed by atoms with E-state index in [1.54, 1.807) is 0 Å². The van der Waals surface area contributed by atoms with Crippen molar-refractivity contribution in [2.45, 2.75) is 46.7 Å². The minimum atomic E-state index is -1.31. The number of hydrogen-bond acceptors (Lipinski definition) is 8. The van der Waals surface area contributed by atoms with Gasteiger partial charge in [-0.1, -0.05) is 0 Å². The number of rotatable bonds is 12. The van der Waals surface area contributed by atoms with E-state index in [-0.39, 0.29) is 25.7 Å². The second-order valence-electron chi connectivity index (χ2n) is 5.73. The normalized spacial score (nSPS) is 18.4. The van der Waals surface area contributed by atoms with Crippen LogP contribution < -0.4 is 0 Å². The van der Waals surface area contributed by atoms with Crippen molar-refractivity contribution in [3.63, 3.8) is 0 Å². The fourth-order valence-electron chi connectivity index (χ4n) is 2.49. The lowest BCUT2D eigenvalue weighted by Crippen LogP contribution is -2.39. The van der Waals surface area contributed by atoms with Crippen molar-refractivity contribution >= 4 is 74.4 Å². The summed E-state index contributed by atoms with van der Waals surface area (Å²) >= 11 is 15.7. The fraction of sp³-hybridized carbons (Fsp3) is 0.692. The lowest BCUT2D eigenvalue weighted by atomic mass is 9.71. The standard InChI is InChI=1S/C13H20O8S4/c14-9(15)5(22)1-13(2-6(23)10(16)17,3-7(24)11(18)19)4-8(25)12(20)21/h5-8,22-25H,1-4H2,(H,14,15)(H,16,17)(H,18,19)(H,20,21). The SMILES string of the molecule is O=C(O)C(S)CC(CC(S)C(=O)O)(CC(S)C(=O)O)CC(S)C(=O)O. The molecule has 144 valence electrons. The average molecular weight is 433 g/mol. The molecule has 4 unspecified atom stereocenters. The smallest absolute Gasteiger partial charge is 0.316 e. The van der Waals surface area contributed by atoms with Crippen LogP contribution in [0, 0.1) is 5.41 Å². The van der Waals surface area contributed by atoms with E-state index in [2.05, 4.69) is 50.5 Å². The second kappa shape index (κ2) is 10.4. The monoisotopic (exact) mass is 432 g/mol. The van der Waals surface area contributed by atoms with E-state index >= 15 is 0 Å². The first-order valence-corrected chi connectivity index (χ1v) is 9.01. The minimum Gasteiger partial charge on any atom is -0.480 e. The molecule has 4 N–H and O–H groups in total. The molecule has 0 bridgehead atoms. The highest BCUT2D eigenvalue weighted by Crippen LogP contribution is 2.43. The molecule has 0 aromatic carbocycles. The second-order valence-corrected chi connectivity index (χ2v) is 8.23. The summed E-state index contributed by atoms with van der Waals surface area (Å²) in [5.41, 5.74) is -1.31. The van der Waals surface area contributed by atoms with Gasteiger partial charge in [0.05, 0.1) is 21.0 Å². The zero-order chi connectivity index (χ0) is 19.9. The van der Waals surface area contributed by atoms with Crippen molar-refractivity contribution in [2.24, 2.45) is 5.41 Å². The van der Waals surface area contributed by atoms with Crippen molar-refractivity contribution in [2.75, 3.05) is 0 Å². The lowest BCUT2D eigenvalue weighted by Gasteiger charge is -2.38.